The summed E-state index contributed by atoms with van der Waals surface area (Å²) in [6.07, 6.45) is 51.0. The van der Waals surface area contributed by atoms with E-state index in [0.717, 1.165) is 63.7 Å². The molecule has 0 aliphatic heterocycles. The minimum absolute atomic E-state index is 0.0626. The normalized spacial score (nSPS) is 11.9. The first-order chi connectivity index (χ1) is 29.4. The van der Waals surface area contributed by atoms with Crippen LogP contribution in [0.5, 0.6) is 0 Å². The van der Waals surface area contributed by atoms with Gasteiger partial charge in [0, 0.05) is 19.3 Å². The summed E-state index contributed by atoms with van der Waals surface area (Å²) < 4.78 is 16.8. The highest BCUT2D eigenvalue weighted by Gasteiger charge is 2.19. The second kappa shape index (κ2) is 48.4. The molecule has 0 aromatic rings. The van der Waals surface area contributed by atoms with E-state index in [0.29, 0.717) is 19.3 Å². The third kappa shape index (κ3) is 47.5. The van der Waals surface area contributed by atoms with E-state index < -0.39 is 6.10 Å². The van der Waals surface area contributed by atoms with E-state index in [1.165, 1.54) is 199 Å². The summed E-state index contributed by atoms with van der Waals surface area (Å²) in [5, 5.41) is 0. The fraction of sp³-hybridized carbons (Fsp3) is 0.944. The van der Waals surface area contributed by atoms with Crippen LogP contribution in [0.2, 0.25) is 0 Å². The van der Waals surface area contributed by atoms with Crippen LogP contribution in [0.4, 0.5) is 0 Å². The van der Waals surface area contributed by atoms with E-state index in [1.54, 1.807) is 0 Å². The zero-order valence-electron chi connectivity index (χ0n) is 40.9. The zero-order valence-corrected chi connectivity index (χ0v) is 40.9. The molecule has 0 amide bonds. The second-order valence-electron chi connectivity index (χ2n) is 19.0. The first-order valence-corrected chi connectivity index (χ1v) is 26.9. The number of esters is 3. The molecule has 6 heteroatoms. The van der Waals surface area contributed by atoms with Gasteiger partial charge < -0.3 is 14.2 Å². The Morgan fingerprint density at radius 3 is 0.817 bits per heavy atom. The van der Waals surface area contributed by atoms with Crippen molar-refractivity contribution >= 4 is 17.9 Å². The van der Waals surface area contributed by atoms with Gasteiger partial charge in [-0.15, -0.1) is 0 Å². The third-order valence-corrected chi connectivity index (χ3v) is 12.3. The predicted molar refractivity (Wildman–Crippen MR) is 257 cm³/mol. The smallest absolute Gasteiger partial charge is 0.306 e. The Bertz CT molecular complexity index is 903. The maximum absolute atomic E-state index is 12.8. The van der Waals surface area contributed by atoms with E-state index in [4.69, 9.17) is 14.2 Å². The Morgan fingerprint density at radius 2 is 0.550 bits per heavy atom. The molecule has 6 nitrogen and oxygen atoms in total. The highest BCUT2D eigenvalue weighted by Crippen LogP contribution is 2.17. The summed E-state index contributed by atoms with van der Waals surface area (Å²) in [6, 6.07) is 0. The van der Waals surface area contributed by atoms with Crippen LogP contribution in [0.15, 0.2) is 0 Å². The van der Waals surface area contributed by atoms with Crippen molar-refractivity contribution in [2.24, 2.45) is 5.92 Å². The molecule has 0 N–H and O–H groups in total. The van der Waals surface area contributed by atoms with Crippen molar-refractivity contribution in [1.82, 2.24) is 0 Å². The second-order valence-corrected chi connectivity index (χ2v) is 19.0. The molecule has 0 heterocycles. The van der Waals surface area contributed by atoms with Crippen LogP contribution >= 0.6 is 0 Å². The number of hydrogen-bond donors (Lipinski definition) is 0. The maximum Gasteiger partial charge on any atom is 0.306 e. The molecule has 0 aliphatic carbocycles. The lowest BCUT2D eigenvalue weighted by molar-refractivity contribution is -0.167. The molecule has 0 bridgehead atoms. The molecule has 0 aliphatic rings. The van der Waals surface area contributed by atoms with Gasteiger partial charge in [-0.2, -0.15) is 0 Å². The van der Waals surface area contributed by atoms with Gasteiger partial charge in [-0.25, -0.2) is 0 Å². The maximum atomic E-state index is 12.8. The van der Waals surface area contributed by atoms with Crippen LogP contribution in [0.1, 0.15) is 304 Å². The third-order valence-electron chi connectivity index (χ3n) is 12.3. The Labute approximate surface area is 374 Å². The summed E-state index contributed by atoms with van der Waals surface area (Å²) in [5.74, 6) is 0.0134. The molecule has 0 unspecified atom stereocenters. The number of hydrogen-bond acceptors (Lipinski definition) is 6. The van der Waals surface area contributed by atoms with Crippen molar-refractivity contribution in [3.8, 4) is 0 Å². The van der Waals surface area contributed by atoms with E-state index in [2.05, 4.69) is 27.7 Å². The van der Waals surface area contributed by atoms with Crippen LogP contribution in [0.25, 0.3) is 0 Å². The Kier molecular flexibility index (Phi) is 47.2. The molecule has 0 radical (unpaired) electrons. The molecular formula is C54H104O6. The molecule has 0 saturated heterocycles. The minimum atomic E-state index is -0.759. The van der Waals surface area contributed by atoms with Gasteiger partial charge in [-0.05, 0) is 25.2 Å². The van der Waals surface area contributed by atoms with Crippen LogP contribution in [-0.2, 0) is 28.6 Å². The first kappa shape index (κ1) is 58.4. The van der Waals surface area contributed by atoms with Crippen molar-refractivity contribution in [2.75, 3.05) is 13.2 Å². The summed E-state index contributed by atoms with van der Waals surface area (Å²) in [5.41, 5.74) is 0. The zero-order chi connectivity index (χ0) is 43.8. The highest BCUT2D eigenvalue weighted by molar-refractivity contribution is 5.71. The van der Waals surface area contributed by atoms with Gasteiger partial charge in [0.15, 0.2) is 6.10 Å². The van der Waals surface area contributed by atoms with Gasteiger partial charge in [0.05, 0.1) is 0 Å². The number of unbranched alkanes of at least 4 members (excludes halogenated alkanes) is 36. The van der Waals surface area contributed by atoms with Gasteiger partial charge in [-0.1, -0.05) is 265 Å². The standard InChI is InChI=1S/C54H104O6/c1-5-7-9-11-13-15-16-26-30-34-38-42-46-53(56)59-49-51(48-58-52(55)45-41-37-33-28-14-12-10-8-6-2)60-54(57)47-43-39-35-31-27-24-22-20-18-17-19-21-23-25-29-32-36-40-44-50(3)4/h50-51H,5-49H2,1-4H3/t51-/m0/s1. The Balaban J connectivity index is 4.19. The molecule has 0 spiro atoms. The average Bonchev–Trinajstić information content (AvgIpc) is 3.23. The monoisotopic (exact) mass is 849 g/mol. The molecule has 1 atom stereocenters. The van der Waals surface area contributed by atoms with Crippen LogP contribution in [-0.4, -0.2) is 37.2 Å². The highest BCUT2D eigenvalue weighted by atomic mass is 16.6. The Hall–Kier alpha value is -1.59. The quantitative estimate of drug-likeness (QED) is 0.0345. The largest absolute Gasteiger partial charge is 0.462 e. The van der Waals surface area contributed by atoms with E-state index in [9.17, 15) is 14.4 Å². The molecule has 356 valence electrons. The molecule has 0 aromatic heterocycles. The van der Waals surface area contributed by atoms with E-state index >= 15 is 0 Å². The fourth-order valence-corrected chi connectivity index (χ4v) is 8.22. The SMILES string of the molecule is CCCCCCCCCCCCCCC(=O)OC[C@H](COC(=O)CCCCCCCCCCC)OC(=O)CCCCCCCCCCCCCCCCCCCCC(C)C. The van der Waals surface area contributed by atoms with Crippen molar-refractivity contribution in [3.05, 3.63) is 0 Å². The molecular weight excluding hydrogens is 745 g/mol. The molecule has 0 aromatic carbocycles. The van der Waals surface area contributed by atoms with E-state index in [1.807, 2.05) is 0 Å². The molecule has 0 saturated carbocycles. The van der Waals surface area contributed by atoms with Crippen molar-refractivity contribution in [3.63, 3.8) is 0 Å². The van der Waals surface area contributed by atoms with Crippen LogP contribution in [0, 0.1) is 5.92 Å². The Morgan fingerprint density at radius 1 is 0.317 bits per heavy atom. The molecule has 0 rings (SSSR count). The van der Waals surface area contributed by atoms with Gasteiger partial charge in [0.2, 0.25) is 0 Å². The van der Waals surface area contributed by atoms with Crippen molar-refractivity contribution < 1.29 is 28.6 Å². The van der Waals surface area contributed by atoms with Crippen LogP contribution < -0.4 is 0 Å². The summed E-state index contributed by atoms with van der Waals surface area (Å²) >= 11 is 0. The van der Waals surface area contributed by atoms with E-state index in [-0.39, 0.29) is 31.1 Å². The fourth-order valence-electron chi connectivity index (χ4n) is 8.22. The summed E-state index contributed by atoms with van der Waals surface area (Å²) in [6.45, 7) is 9.03. The molecule has 0 fully saturated rings. The predicted octanol–water partition coefficient (Wildman–Crippen LogP) is 17.5. The number of carbonyl (C=O) groups excluding carboxylic acids is 3. The average molecular weight is 849 g/mol. The first-order valence-electron chi connectivity index (χ1n) is 26.9. The summed E-state index contributed by atoms with van der Waals surface area (Å²) in [7, 11) is 0. The van der Waals surface area contributed by atoms with Gasteiger partial charge in [0.25, 0.3) is 0 Å². The van der Waals surface area contributed by atoms with Crippen LogP contribution in [0.3, 0.4) is 0 Å². The number of carbonyl (C=O) groups is 3. The van der Waals surface area contributed by atoms with Gasteiger partial charge in [-0.3, -0.25) is 14.4 Å². The number of rotatable bonds is 49. The van der Waals surface area contributed by atoms with Gasteiger partial charge in [0.1, 0.15) is 13.2 Å². The molecule has 60 heavy (non-hydrogen) atoms. The van der Waals surface area contributed by atoms with Gasteiger partial charge >= 0.3 is 17.9 Å². The lowest BCUT2D eigenvalue weighted by Crippen LogP contribution is -2.30. The lowest BCUT2D eigenvalue weighted by atomic mass is 10.0. The van der Waals surface area contributed by atoms with Crippen molar-refractivity contribution in [2.45, 2.75) is 310 Å². The summed E-state index contributed by atoms with van der Waals surface area (Å²) in [4.78, 5) is 37.9. The van der Waals surface area contributed by atoms with Crippen molar-refractivity contribution in [1.29, 1.82) is 0 Å². The lowest BCUT2D eigenvalue weighted by Gasteiger charge is -2.18. The minimum Gasteiger partial charge on any atom is -0.462 e. The number of ether oxygens (including phenoxy) is 3. The topological polar surface area (TPSA) is 78.9 Å².